The number of aromatic nitrogens is 3. The molecule has 2 amide bonds. The number of nitrogens with one attached hydrogen (secondary N) is 1. The number of carbonyl (C=O) groups is 2. The highest BCUT2D eigenvalue weighted by Crippen LogP contribution is 2.34. The summed E-state index contributed by atoms with van der Waals surface area (Å²) in [4.78, 5) is 43.9. The van der Waals surface area contributed by atoms with Gasteiger partial charge in [-0.3, -0.25) is 9.59 Å². The van der Waals surface area contributed by atoms with Crippen LogP contribution in [0.1, 0.15) is 72.0 Å². The molecular formula is C31H37F3N6O3. The quantitative estimate of drug-likeness (QED) is 0.306. The van der Waals surface area contributed by atoms with Crippen molar-refractivity contribution in [2.24, 2.45) is 0 Å². The molecule has 0 aliphatic carbocycles. The van der Waals surface area contributed by atoms with Gasteiger partial charge in [0.1, 0.15) is 0 Å². The summed E-state index contributed by atoms with van der Waals surface area (Å²) in [6.07, 6.45) is 0.761. The Bertz CT molecular complexity index is 1450. The first kappa shape index (κ1) is 31.7. The summed E-state index contributed by atoms with van der Waals surface area (Å²) < 4.78 is 47.0. The maximum absolute atomic E-state index is 13.8. The summed E-state index contributed by atoms with van der Waals surface area (Å²) in [5.41, 5.74) is 0.238. The predicted octanol–water partition coefficient (Wildman–Crippen LogP) is 5.54. The Morgan fingerprint density at radius 2 is 1.91 bits per heavy atom. The highest BCUT2D eigenvalue weighted by Gasteiger charge is 2.38. The number of anilines is 1. The van der Waals surface area contributed by atoms with Crippen LogP contribution in [0.15, 0.2) is 42.7 Å². The lowest BCUT2D eigenvalue weighted by Crippen LogP contribution is -2.55. The number of rotatable bonds is 10. The molecule has 0 unspecified atom stereocenters. The number of hydrogen-bond donors (Lipinski definition) is 1. The van der Waals surface area contributed by atoms with E-state index in [4.69, 9.17) is 9.72 Å². The molecule has 1 atom stereocenters. The zero-order chi connectivity index (χ0) is 31.1. The van der Waals surface area contributed by atoms with Crippen molar-refractivity contribution in [2.75, 3.05) is 37.7 Å². The van der Waals surface area contributed by atoms with E-state index in [1.807, 2.05) is 25.7 Å². The molecule has 1 aliphatic heterocycles. The number of ether oxygens (including phenoxy) is 1. The van der Waals surface area contributed by atoms with Gasteiger partial charge >= 0.3 is 6.18 Å². The highest BCUT2D eigenvalue weighted by atomic mass is 19.4. The Labute approximate surface area is 249 Å². The summed E-state index contributed by atoms with van der Waals surface area (Å²) in [6.45, 7) is 8.79. The Morgan fingerprint density at radius 1 is 1.12 bits per heavy atom. The van der Waals surface area contributed by atoms with Gasteiger partial charge < -0.3 is 19.9 Å². The average Bonchev–Trinajstić information content (AvgIpc) is 3.00. The van der Waals surface area contributed by atoms with Crippen LogP contribution in [-0.4, -0.2) is 70.5 Å². The largest absolute Gasteiger partial charge is 0.477 e. The fourth-order valence-corrected chi connectivity index (χ4v) is 5.09. The van der Waals surface area contributed by atoms with Crippen molar-refractivity contribution in [3.63, 3.8) is 0 Å². The molecule has 43 heavy (non-hydrogen) atoms. The van der Waals surface area contributed by atoms with E-state index in [1.165, 1.54) is 17.0 Å². The third kappa shape index (κ3) is 7.23. The molecule has 4 rings (SSSR count). The number of unbranched alkanes of at least 4 members (excludes halogenated alkanes) is 1. The molecule has 3 heterocycles. The van der Waals surface area contributed by atoms with Gasteiger partial charge in [-0.15, -0.1) is 0 Å². The Morgan fingerprint density at radius 3 is 2.60 bits per heavy atom. The first-order valence-corrected chi connectivity index (χ1v) is 14.6. The molecule has 230 valence electrons. The maximum Gasteiger partial charge on any atom is 0.417 e. The zero-order valence-electron chi connectivity index (χ0n) is 24.9. The molecule has 1 aliphatic rings. The molecule has 1 N–H and O–H groups in total. The molecule has 0 spiro atoms. The van der Waals surface area contributed by atoms with Crippen molar-refractivity contribution in [3.05, 3.63) is 65.1 Å². The minimum Gasteiger partial charge on any atom is -0.477 e. The second-order valence-electron chi connectivity index (χ2n) is 10.4. The van der Waals surface area contributed by atoms with E-state index in [0.29, 0.717) is 48.1 Å². The normalized spacial score (nSPS) is 15.4. The van der Waals surface area contributed by atoms with Crippen LogP contribution in [-0.2, 0) is 6.18 Å². The zero-order valence-corrected chi connectivity index (χ0v) is 24.9. The molecule has 3 aromatic rings. The summed E-state index contributed by atoms with van der Waals surface area (Å²) >= 11 is 0. The predicted molar refractivity (Wildman–Crippen MR) is 157 cm³/mol. The van der Waals surface area contributed by atoms with E-state index in [0.717, 1.165) is 18.9 Å². The van der Waals surface area contributed by atoms with Gasteiger partial charge in [-0.05, 0) is 51.0 Å². The number of aryl methyl sites for hydroxylation is 1. The van der Waals surface area contributed by atoms with Crippen molar-refractivity contribution < 1.29 is 27.5 Å². The van der Waals surface area contributed by atoms with Gasteiger partial charge in [0.2, 0.25) is 5.88 Å². The lowest BCUT2D eigenvalue weighted by molar-refractivity contribution is -0.138. The van der Waals surface area contributed by atoms with Gasteiger partial charge in [-0.1, -0.05) is 31.9 Å². The van der Waals surface area contributed by atoms with E-state index < -0.39 is 17.6 Å². The molecule has 1 fully saturated rings. The van der Waals surface area contributed by atoms with Crippen LogP contribution in [0.3, 0.4) is 0 Å². The molecule has 0 bridgehead atoms. The highest BCUT2D eigenvalue weighted by molar-refractivity contribution is 5.98. The topological polar surface area (TPSA) is 101 Å². The number of pyridine rings is 1. The van der Waals surface area contributed by atoms with Crippen LogP contribution in [0, 0.1) is 6.92 Å². The second-order valence-corrected chi connectivity index (χ2v) is 10.4. The summed E-state index contributed by atoms with van der Waals surface area (Å²) in [6, 6.07) is 6.98. The van der Waals surface area contributed by atoms with Gasteiger partial charge in [0, 0.05) is 38.4 Å². The smallest absolute Gasteiger partial charge is 0.417 e. The molecule has 1 saturated heterocycles. The Balaban J connectivity index is 1.67. The number of halogens is 3. The number of hydrogen-bond acceptors (Lipinski definition) is 7. The van der Waals surface area contributed by atoms with E-state index in [2.05, 4.69) is 15.3 Å². The van der Waals surface area contributed by atoms with Crippen LogP contribution in [0.2, 0.25) is 0 Å². The molecule has 0 radical (unpaired) electrons. The van der Waals surface area contributed by atoms with E-state index >= 15 is 0 Å². The third-order valence-electron chi connectivity index (χ3n) is 7.34. The monoisotopic (exact) mass is 598 g/mol. The standard InChI is InChI=1S/C31H37F3N6O3/c1-5-8-13-35-28(41)26-27(37-18-25(38-26)23-10-9-14-36-29(23)43-7-3)40-16-15-39(19-21(40)6-2)30(42)22-12-11-20(4)17-24(22)31(32,33)34/h9-12,14,17-18,21H,5-8,13,15-16,19H2,1-4H3,(H,35,41)/t21-/m1/s1. The Kier molecular flexibility index (Phi) is 10.2. The van der Waals surface area contributed by atoms with Gasteiger partial charge in [-0.25, -0.2) is 15.0 Å². The number of benzene rings is 1. The van der Waals surface area contributed by atoms with Crippen molar-refractivity contribution in [2.45, 2.75) is 59.2 Å². The number of amides is 2. The molecule has 0 saturated carbocycles. The van der Waals surface area contributed by atoms with Crippen LogP contribution in [0.4, 0.5) is 19.0 Å². The molecule has 2 aromatic heterocycles. The summed E-state index contributed by atoms with van der Waals surface area (Å²) in [7, 11) is 0. The minimum atomic E-state index is -4.66. The van der Waals surface area contributed by atoms with Crippen molar-refractivity contribution >= 4 is 17.6 Å². The number of alkyl halides is 3. The van der Waals surface area contributed by atoms with Crippen LogP contribution in [0.5, 0.6) is 5.88 Å². The van der Waals surface area contributed by atoms with E-state index in [-0.39, 0.29) is 42.8 Å². The SMILES string of the molecule is CCCCNC(=O)c1nc(-c2cccnc2OCC)cnc1N1CCN(C(=O)c2ccc(C)cc2C(F)(F)F)C[C@H]1CC. The average molecular weight is 599 g/mol. The number of nitrogens with zero attached hydrogens (tertiary/aromatic N) is 5. The van der Waals surface area contributed by atoms with Crippen molar-refractivity contribution in [1.82, 2.24) is 25.2 Å². The lowest BCUT2D eigenvalue weighted by atomic mass is 10.0. The number of piperazine rings is 1. The maximum atomic E-state index is 13.8. The first-order valence-electron chi connectivity index (χ1n) is 14.6. The first-order chi connectivity index (χ1) is 20.6. The van der Waals surface area contributed by atoms with Gasteiger partial charge in [-0.2, -0.15) is 13.2 Å². The molecule has 1 aromatic carbocycles. The minimum absolute atomic E-state index is 0.121. The lowest BCUT2D eigenvalue weighted by Gasteiger charge is -2.42. The van der Waals surface area contributed by atoms with Crippen molar-refractivity contribution in [3.8, 4) is 17.1 Å². The molecular weight excluding hydrogens is 561 g/mol. The third-order valence-corrected chi connectivity index (χ3v) is 7.34. The fraction of sp³-hybridized carbons (Fsp3) is 0.452. The summed E-state index contributed by atoms with van der Waals surface area (Å²) in [5, 5.41) is 2.92. The van der Waals surface area contributed by atoms with Crippen LogP contribution in [0.25, 0.3) is 11.3 Å². The second kappa shape index (κ2) is 13.8. The summed E-state index contributed by atoms with van der Waals surface area (Å²) in [5.74, 6) is -0.339. The van der Waals surface area contributed by atoms with Crippen LogP contribution < -0.4 is 15.0 Å². The van der Waals surface area contributed by atoms with Crippen molar-refractivity contribution in [1.29, 1.82) is 0 Å². The van der Waals surface area contributed by atoms with E-state index in [9.17, 15) is 22.8 Å². The number of carbonyl (C=O) groups excluding carboxylic acids is 2. The van der Waals surface area contributed by atoms with Gasteiger partial charge in [0.15, 0.2) is 11.5 Å². The Hall–Kier alpha value is -4.22. The van der Waals surface area contributed by atoms with Crippen LogP contribution >= 0.6 is 0 Å². The molecule has 12 heteroatoms. The van der Waals surface area contributed by atoms with Gasteiger partial charge in [0.05, 0.1) is 35.2 Å². The van der Waals surface area contributed by atoms with Gasteiger partial charge in [0.25, 0.3) is 11.8 Å². The van der Waals surface area contributed by atoms with E-state index in [1.54, 1.807) is 31.5 Å². The fourth-order valence-electron chi connectivity index (χ4n) is 5.09. The molecule has 9 nitrogen and oxygen atoms in total.